The lowest BCUT2D eigenvalue weighted by Gasteiger charge is -2.07. The molecule has 0 bridgehead atoms. The number of aromatic nitrogens is 2. The average molecular weight is 287 g/mol. The molecule has 1 aromatic heterocycles. The third kappa shape index (κ3) is 3.54. The summed E-state index contributed by atoms with van der Waals surface area (Å²) < 4.78 is 36.4. The predicted octanol–water partition coefficient (Wildman–Crippen LogP) is 1.25. The summed E-state index contributed by atoms with van der Waals surface area (Å²) in [5.41, 5.74) is -1.52. The molecule has 0 unspecified atom stereocenters. The van der Waals surface area contributed by atoms with E-state index in [9.17, 15) is 22.8 Å². The Morgan fingerprint density at radius 3 is 2.53 bits per heavy atom. The molecule has 0 fully saturated rings. The quantitative estimate of drug-likeness (QED) is 0.890. The Kier molecular flexibility index (Phi) is 3.38. The van der Waals surface area contributed by atoms with E-state index in [1.54, 1.807) is 0 Å². The lowest BCUT2D eigenvalue weighted by atomic mass is 10.4. The number of nitrogens with zero attached hydrogens (tertiary/aromatic N) is 1. The van der Waals surface area contributed by atoms with Crippen LogP contribution in [0.1, 0.15) is 6.42 Å². The first kappa shape index (κ1) is 12.0. The van der Waals surface area contributed by atoms with Crippen LogP contribution in [0.4, 0.5) is 13.2 Å². The fourth-order valence-corrected chi connectivity index (χ4v) is 1.24. The predicted molar refractivity (Wildman–Crippen MR) is 49.7 cm³/mol. The van der Waals surface area contributed by atoms with E-state index >= 15 is 0 Å². The van der Waals surface area contributed by atoms with Crippen molar-refractivity contribution >= 4 is 15.9 Å². The Bertz CT molecular complexity index is 463. The smallest absolute Gasteiger partial charge is 0.299 e. The van der Waals surface area contributed by atoms with Crippen LogP contribution in [0.2, 0.25) is 0 Å². The summed E-state index contributed by atoms with van der Waals surface area (Å²) in [5.74, 6) is 0. The molecule has 0 saturated carbocycles. The molecule has 0 radical (unpaired) electrons. The van der Waals surface area contributed by atoms with Crippen molar-refractivity contribution in [2.24, 2.45) is 0 Å². The lowest BCUT2D eigenvalue weighted by molar-refractivity contribution is -0.136. The molecule has 0 amide bonds. The second-order valence-corrected chi connectivity index (χ2v) is 3.65. The first-order valence-electron chi connectivity index (χ1n) is 3.85. The lowest BCUT2D eigenvalue weighted by Crippen LogP contribution is -2.31. The van der Waals surface area contributed by atoms with Gasteiger partial charge in [0.1, 0.15) is 0 Å². The summed E-state index contributed by atoms with van der Waals surface area (Å²) in [6.45, 7) is -0.516. The zero-order valence-corrected chi connectivity index (χ0v) is 8.85. The molecule has 1 heterocycles. The number of rotatable bonds is 2. The fraction of sp³-hybridized carbons (Fsp3) is 0.429. The standard InChI is InChI=1S/C7H6BrF3N2O2/c8-4-3-13(2-1-7(9,10)11)6(15)12-5(4)14/h3H,1-2H2,(H,12,14,15). The number of nitrogens with one attached hydrogen (secondary N) is 1. The van der Waals surface area contributed by atoms with E-state index in [0.29, 0.717) is 0 Å². The van der Waals surface area contributed by atoms with Crippen LogP contribution in [0, 0.1) is 0 Å². The number of H-pyrrole nitrogens is 1. The van der Waals surface area contributed by atoms with Crippen molar-refractivity contribution in [1.82, 2.24) is 9.55 Å². The van der Waals surface area contributed by atoms with Crippen molar-refractivity contribution in [2.45, 2.75) is 19.1 Å². The first-order chi connectivity index (χ1) is 6.79. The van der Waals surface area contributed by atoms with Gasteiger partial charge in [0.2, 0.25) is 0 Å². The maximum atomic E-state index is 11.9. The van der Waals surface area contributed by atoms with Gasteiger partial charge in [-0.3, -0.25) is 14.3 Å². The van der Waals surface area contributed by atoms with Crippen LogP contribution in [0.5, 0.6) is 0 Å². The van der Waals surface area contributed by atoms with E-state index < -0.39 is 30.4 Å². The molecule has 1 aromatic rings. The minimum Gasteiger partial charge on any atom is -0.299 e. The molecule has 0 spiro atoms. The fourth-order valence-electron chi connectivity index (χ4n) is 0.896. The van der Waals surface area contributed by atoms with Gasteiger partial charge in [0.05, 0.1) is 10.9 Å². The molecular formula is C7H6BrF3N2O2. The zero-order chi connectivity index (χ0) is 11.6. The van der Waals surface area contributed by atoms with Crippen molar-refractivity contribution in [3.8, 4) is 0 Å². The normalized spacial score (nSPS) is 11.7. The molecule has 15 heavy (non-hydrogen) atoms. The summed E-state index contributed by atoms with van der Waals surface area (Å²) in [6.07, 6.45) is -4.42. The highest BCUT2D eigenvalue weighted by atomic mass is 79.9. The van der Waals surface area contributed by atoms with E-state index in [1.807, 2.05) is 4.98 Å². The van der Waals surface area contributed by atoms with E-state index in [0.717, 1.165) is 10.8 Å². The monoisotopic (exact) mass is 286 g/mol. The second-order valence-electron chi connectivity index (χ2n) is 2.79. The molecule has 84 valence electrons. The Hall–Kier alpha value is -1.05. The van der Waals surface area contributed by atoms with Gasteiger partial charge in [-0.25, -0.2) is 4.79 Å². The maximum Gasteiger partial charge on any atom is 0.390 e. The van der Waals surface area contributed by atoms with Crippen LogP contribution in [0.15, 0.2) is 20.3 Å². The molecule has 0 saturated heterocycles. The van der Waals surface area contributed by atoms with Crippen LogP contribution < -0.4 is 11.2 Å². The number of aryl methyl sites for hydroxylation is 1. The number of alkyl halides is 3. The molecule has 0 atom stereocenters. The number of hydrogen-bond donors (Lipinski definition) is 1. The van der Waals surface area contributed by atoms with Crippen LogP contribution in [0.25, 0.3) is 0 Å². The van der Waals surface area contributed by atoms with Gasteiger partial charge in [-0.2, -0.15) is 13.2 Å². The summed E-state index contributed by atoms with van der Waals surface area (Å²) in [4.78, 5) is 23.8. The summed E-state index contributed by atoms with van der Waals surface area (Å²) in [6, 6.07) is 0. The van der Waals surface area contributed by atoms with Gasteiger partial charge in [0, 0.05) is 12.7 Å². The molecule has 4 nitrogen and oxygen atoms in total. The number of hydrogen-bond acceptors (Lipinski definition) is 2. The Morgan fingerprint density at radius 1 is 1.40 bits per heavy atom. The largest absolute Gasteiger partial charge is 0.390 e. The minimum atomic E-state index is -4.33. The van der Waals surface area contributed by atoms with Gasteiger partial charge >= 0.3 is 11.9 Å². The highest BCUT2D eigenvalue weighted by molar-refractivity contribution is 9.10. The Labute approximate surface area is 89.9 Å². The topological polar surface area (TPSA) is 54.9 Å². The van der Waals surface area contributed by atoms with Gasteiger partial charge in [-0.1, -0.05) is 0 Å². The zero-order valence-electron chi connectivity index (χ0n) is 7.27. The van der Waals surface area contributed by atoms with Gasteiger partial charge in [-0.15, -0.1) is 0 Å². The van der Waals surface area contributed by atoms with Crippen molar-refractivity contribution in [2.75, 3.05) is 0 Å². The number of aromatic amines is 1. The molecule has 0 aliphatic heterocycles. The van der Waals surface area contributed by atoms with Crippen molar-refractivity contribution in [1.29, 1.82) is 0 Å². The highest BCUT2D eigenvalue weighted by Crippen LogP contribution is 2.19. The Balaban J connectivity index is 2.92. The highest BCUT2D eigenvalue weighted by Gasteiger charge is 2.26. The van der Waals surface area contributed by atoms with E-state index in [4.69, 9.17) is 0 Å². The Morgan fingerprint density at radius 2 is 2.00 bits per heavy atom. The summed E-state index contributed by atoms with van der Waals surface area (Å²) >= 11 is 2.82. The van der Waals surface area contributed by atoms with Crippen LogP contribution >= 0.6 is 15.9 Å². The first-order valence-corrected chi connectivity index (χ1v) is 4.65. The molecule has 0 aromatic carbocycles. The van der Waals surface area contributed by atoms with Crippen LogP contribution in [-0.4, -0.2) is 15.7 Å². The molecule has 8 heteroatoms. The van der Waals surface area contributed by atoms with Gasteiger partial charge < -0.3 is 0 Å². The minimum absolute atomic E-state index is 0.0178. The molecule has 1 rings (SSSR count). The SMILES string of the molecule is O=c1[nH]c(=O)n(CCC(F)(F)F)cc1Br. The van der Waals surface area contributed by atoms with E-state index in [-0.39, 0.29) is 4.47 Å². The van der Waals surface area contributed by atoms with E-state index in [2.05, 4.69) is 15.9 Å². The molecular weight excluding hydrogens is 281 g/mol. The summed E-state index contributed by atoms with van der Waals surface area (Å²) in [5, 5.41) is 0. The van der Waals surface area contributed by atoms with Gasteiger partial charge in [-0.05, 0) is 15.9 Å². The molecule has 1 N–H and O–H groups in total. The van der Waals surface area contributed by atoms with E-state index in [1.165, 1.54) is 0 Å². The van der Waals surface area contributed by atoms with Crippen LogP contribution in [-0.2, 0) is 6.54 Å². The second kappa shape index (κ2) is 4.21. The summed E-state index contributed by atoms with van der Waals surface area (Å²) in [7, 11) is 0. The molecule has 0 aliphatic carbocycles. The molecule has 0 aliphatic rings. The van der Waals surface area contributed by atoms with Gasteiger partial charge in [0.25, 0.3) is 5.56 Å². The van der Waals surface area contributed by atoms with Crippen molar-refractivity contribution in [3.05, 3.63) is 31.5 Å². The third-order valence-corrected chi connectivity index (χ3v) is 2.17. The third-order valence-electron chi connectivity index (χ3n) is 1.60. The van der Waals surface area contributed by atoms with Crippen molar-refractivity contribution < 1.29 is 13.2 Å². The van der Waals surface area contributed by atoms with Crippen molar-refractivity contribution in [3.63, 3.8) is 0 Å². The number of halogens is 4. The maximum absolute atomic E-state index is 11.9. The van der Waals surface area contributed by atoms with Crippen LogP contribution in [0.3, 0.4) is 0 Å². The van der Waals surface area contributed by atoms with Gasteiger partial charge in [0.15, 0.2) is 0 Å². The average Bonchev–Trinajstić information content (AvgIpc) is 2.07.